The van der Waals surface area contributed by atoms with Crippen LogP contribution in [-0.4, -0.2) is 57.4 Å². The maximum atomic E-state index is 12.5. The molecule has 0 saturated carbocycles. The first-order valence-corrected chi connectivity index (χ1v) is 10.9. The van der Waals surface area contributed by atoms with Crippen LogP contribution in [0.2, 0.25) is 0 Å². The number of aryl methyl sites for hydroxylation is 1. The molecule has 11 nitrogen and oxygen atoms in total. The highest BCUT2D eigenvalue weighted by atomic mass is 32.2. The molecule has 0 fully saturated rings. The van der Waals surface area contributed by atoms with E-state index in [-0.39, 0.29) is 17.3 Å². The van der Waals surface area contributed by atoms with Gasteiger partial charge in [-0.3, -0.25) is 25.2 Å². The summed E-state index contributed by atoms with van der Waals surface area (Å²) in [6.45, 7) is 0.975. The van der Waals surface area contributed by atoms with Crippen LogP contribution in [0.4, 0.5) is 0 Å². The molecule has 0 atom stereocenters. The van der Waals surface area contributed by atoms with Crippen LogP contribution in [0.15, 0.2) is 47.4 Å². The summed E-state index contributed by atoms with van der Waals surface area (Å²) in [5.74, 6) is -1.01. The summed E-state index contributed by atoms with van der Waals surface area (Å²) in [6, 6.07) is 10.8. The summed E-state index contributed by atoms with van der Waals surface area (Å²) in [6.07, 6.45) is 0. The number of hydrogen-bond acceptors (Lipinski definition) is 7. The highest BCUT2D eigenvalue weighted by Gasteiger charge is 2.23. The average Bonchev–Trinajstić information content (AvgIpc) is 3.24. The number of nitrogens with one attached hydrogen (secondary N) is 3. The minimum absolute atomic E-state index is 0.0497. The van der Waals surface area contributed by atoms with Crippen molar-refractivity contribution in [1.29, 1.82) is 0 Å². The fourth-order valence-corrected chi connectivity index (χ4v) is 3.83. The van der Waals surface area contributed by atoms with Gasteiger partial charge >= 0.3 is 0 Å². The van der Waals surface area contributed by atoms with Crippen molar-refractivity contribution in [3.05, 3.63) is 53.6 Å². The van der Waals surface area contributed by atoms with Gasteiger partial charge in [-0.1, -0.05) is 17.7 Å². The van der Waals surface area contributed by atoms with Gasteiger partial charge in [0.15, 0.2) is 11.5 Å². The normalized spacial score (nSPS) is 12.3. The molecule has 0 bridgehead atoms. The summed E-state index contributed by atoms with van der Waals surface area (Å²) < 4.78 is 36.2. The molecule has 32 heavy (non-hydrogen) atoms. The highest BCUT2D eigenvalue weighted by Crippen LogP contribution is 2.32. The lowest BCUT2D eigenvalue weighted by Crippen LogP contribution is -2.49. The van der Waals surface area contributed by atoms with Crippen molar-refractivity contribution in [1.82, 2.24) is 20.5 Å². The van der Waals surface area contributed by atoms with Crippen LogP contribution >= 0.6 is 0 Å². The van der Waals surface area contributed by atoms with E-state index in [4.69, 9.17) is 9.47 Å². The molecule has 2 aromatic rings. The van der Waals surface area contributed by atoms with Crippen molar-refractivity contribution in [3.63, 3.8) is 0 Å². The molecule has 0 unspecified atom stereocenters. The number of sulfonamides is 1. The Morgan fingerprint density at radius 2 is 1.62 bits per heavy atom. The molecule has 1 heterocycles. The zero-order valence-electron chi connectivity index (χ0n) is 17.4. The molecule has 0 saturated heterocycles. The molecule has 170 valence electrons. The maximum absolute atomic E-state index is 12.5. The minimum Gasteiger partial charge on any atom is -0.454 e. The summed E-state index contributed by atoms with van der Waals surface area (Å²) in [5, 5.41) is 2.40. The number of hydrogen-bond donors (Lipinski definition) is 3. The molecule has 3 rings (SSSR count). The van der Waals surface area contributed by atoms with Gasteiger partial charge in [0, 0.05) is 12.6 Å². The first kappa shape index (κ1) is 23.0. The maximum Gasteiger partial charge on any atom is 0.257 e. The smallest absolute Gasteiger partial charge is 0.257 e. The topological polar surface area (TPSA) is 143 Å². The molecule has 0 aliphatic carbocycles. The molecule has 0 aromatic heterocycles. The van der Waals surface area contributed by atoms with Crippen molar-refractivity contribution in [2.75, 3.05) is 26.9 Å². The molecular formula is C20H22N4O7S. The van der Waals surface area contributed by atoms with E-state index in [1.54, 1.807) is 18.2 Å². The van der Waals surface area contributed by atoms with E-state index in [1.165, 1.54) is 31.3 Å². The Kier molecular flexibility index (Phi) is 6.95. The lowest BCUT2D eigenvalue weighted by molar-refractivity contribution is -0.128. The first-order chi connectivity index (χ1) is 15.2. The van der Waals surface area contributed by atoms with Crippen molar-refractivity contribution < 1.29 is 32.3 Å². The second-order valence-electron chi connectivity index (χ2n) is 6.92. The van der Waals surface area contributed by atoms with E-state index < -0.39 is 40.8 Å². The number of carbonyl (C=O) groups is 3. The number of nitrogens with zero attached hydrogens (tertiary/aromatic N) is 1. The number of fused-ring (bicyclic) bond motifs is 1. The van der Waals surface area contributed by atoms with Crippen molar-refractivity contribution >= 4 is 27.7 Å². The predicted octanol–water partition coefficient (Wildman–Crippen LogP) is -0.0784. The van der Waals surface area contributed by atoms with Gasteiger partial charge in [0.05, 0.1) is 18.0 Å². The Morgan fingerprint density at radius 3 is 2.34 bits per heavy atom. The quantitative estimate of drug-likeness (QED) is 0.489. The van der Waals surface area contributed by atoms with Crippen molar-refractivity contribution in [2.45, 2.75) is 11.8 Å². The van der Waals surface area contributed by atoms with Crippen LogP contribution in [0.25, 0.3) is 0 Å². The molecule has 3 amide bonds. The zero-order chi connectivity index (χ0) is 23.3. The third-order valence-corrected chi connectivity index (χ3v) is 6.30. The van der Waals surface area contributed by atoms with Crippen LogP contribution in [-0.2, 0) is 19.6 Å². The molecule has 0 radical (unpaired) electrons. The van der Waals surface area contributed by atoms with Crippen LogP contribution in [0, 0.1) is 6.92 Å². The van der Waals surface area contributed by atoms with Gasteiger partial charge in [-0.15, -0.1) is 0 Å². The molecule has 0 spiro atoms. The van der Waals surface area contributed by atoms with Crippen molar-refractivity contribution in [3.8, 4) is 11.5 Å². The third-order valence-electron chi connectivity index (χ3n) is 4.48. The van der Waals surface area contributed by atoms with Gasteiger partial charge in [-0.25, -0.2) is 8.42 Å². The molecule has 1 aliphatic heterocycles. The van der Waals surface area contributed by atoms with E-state index in [0.29, 0.717) is 11.5 Å². The largest absolute Gasteiger partial charge is 0.454 e. The predicted molar refractivity (Wildman–Crippen MR) is 112 cm³/mol. The van der Waals surface area contributed by atoms with Crippen LogP contribution in [0.1, 0.15) is 15.9 Å². The van der Waals surface area contributed by atoms with E-state index >= 15 is 0 Å². The number of benzene rings is 2. The fraction of sp³-hybridized carbons (Fsp3) is 0.250. The Morgan fingerprint density at radius 1 is 0.969 bits per heavy atom. The number of likely N-dealkylation sites (N-methyl/N-ethyl adjacent to an activating group) is 1. The minimum atomic E-state index is -3.86. The summed E-state index contributed by atoms with van der Waals surface area (Å²) in [4.78, 5) is 36.1. The van der Waals surface area contributed by atoms with Gasteiger partial charge < -0.3 is 14.8 Å². The average molecular weight is 462 g/mol. The molecule has 12 heteroatoms. The molecule has 2 aromatic carbocycles. The Bertz CT molecular complexity index is 1130. The number of amides is 3. The van der Waals surface area contributed by atoms with Crippen LogP contribution in [0.5, 0.6) is 11.5 Å². The number of rotatable bonds is 7. The zero-order valence-corrected chi connectivity index (χ0v) is 18.2. The standard InChI is InChI=1S/C20H22N4O7S/c1-13-3-6-15(7-4-13)32(28,29)24(2)11-19(26)23-22-18(25)10-21-20(27)14-5-8-16-17(9-14)31-12-30-16/h3-9H,10-12H2,1-2H3,(H,21,27)(H,22,25)(H,23,26). The van der Waals surface area contributed by atoms with Gasteiger partial charge in [0.25, 0.3) is 17.7 Å². The van der Waals surface area contributed by atoms with Crippen LogP contribution in [0.3, 0.4) is 0 Å². The molecule has 1 aliphatic rings. The van der Waals surface area contributed by atoms with Crippen LogP contribution < -0.4 is 25.6 Å². The van der Waals surface area contributed by atoms with E-state index in [9.17, 15) is 22.8 Å². The Labute approximate surface area is 184 Å². The third kappa shape index (κ3) is 5.53. The van der Waals surface area contributed by atoms with E-state index in [2.05, 4.69) is 16.2 Å². The Hall–Kier alpha value is -3.64. The van der Waals surface area contributed by atoms with E-state index in [0.717, 1.165) is 9.87 Å². The first-order valence-electron chi connectivity index (χ1n) is 9.45. The van der Waals surface area contributed by atoms with Crippen molar-refractivity contribution in [2.24, 2.45) is 0 Å². The lowest BCUT2D eigenvalue weighted by atomic mass is 10.2. The Balaban J connectivity index is 1.43. The van der Waals surface area contributed by atoms with Gasteiger partial charge in [-0.2, -0.15) is 4.31 Å². The summed E-state index contributed by atoms with van der Waals surface area (Å²) >= 11 is 0. The van der Waals surface area contributed by atoms with Gasteiger partial charge in [-0.05, 0) is 37.3 Å². The summed E-state index contributed by atoms with van der Waals surface area (Å²) in [5.41, 5.74) is 5.40. The highest BCUT2D eigenvalue weighted by molar-refractivity contribution is 7.89. The van der Waals surface area contributed by atoms with Gasteiger partial charge in [0.2, 0.25) is 16.8 Å². The SMILES string of the molecule is Cc1ccc(S(=O)(=O)N(C)CC(=O)NNC(=O)CNC(=O)c2ccc3c(c2)OCO3)cc1. The number of hydrazine groups is 1. The number of ether oxygens (including phenoxy) is 2. The fourth-order valence-electron chi connectivity index (χ4n) is 2.70. The van der Waals surface area contributed by atoms with E-state index in [1.807, 2.05) is 6.92 Å². The second-order valence-corrected chi connectivity index (χ2v) is 8.97. The molecule has 3 N–H and O–H groups in total. The second kappa shape index (κ2) is 9.66. The summed E-state index contributed by atoms with van der Waals surface area (Å²) in [7, 11) is -2.61. The number of carbonyl (C=O) groups excluding carboxylic acids is 3. The molecular weight excluding hydrogens is 440 g/mol. The monoisotopic (exact) mass is 462 g/mol. The van der Waals surface area contributed by atoms with Gasteiger partial charge in [0.1, 0.15) is 0 Å². The lowest BCUT2D eigenvalue weighted by Gasteiger charge is -2.17.